The van der Waals surface area contributed by atoms with Crippen LogP contribution >= 0.6 is 0 Å². The fourth-order valence-corrected chi connectivity index (χ4v) is 14.8. The molecule has 2 N–H and O–H groups in total. The molecule has 0 spiro atoms. The molecule has 0 aromatic rings. The quantitative estimate of drug-likeness (QED) is 0.650. The average Bonchev–Trinajstić information content (AvgIpc) is 2.30. The van der Waals surface area contributed by atoms with Gasteiger partial charge in [-0.1, -0.05) is 18.0 Å². The molecule has 0 saturated heterocycles. The van der Waals surface area contributed by atoms with Crippen molar-refractivity contribution < 1.29 is 0 Å². The lowest BCUT2D eigenvalue weighted by molar-refractivity contribution is 0.866. The highest BCUT2D eigenvalue weighted by Crippen LogP contribution is 2.11. The largest absolute Gasteiger partial charge is 0.377 e. The van der Waals surface area contributed by atoms with E-state index in [1.54, 1.807) is 0 Å². The van der Waals surface area contributed by atoms with Crippen molar-refractivity contribution in [2.75, 3.05) is 0 Å². The maximum Gasteiger partial charge on any atom is 0.273 e. The Balaban J connectivity index is 3.22. The second-order valence-corrected chi connectivity index (χ2v) is 13.6. The smallest absolute Gasteiger partial charge is 0.273 e. The summed E-state index contributed by atoms with van der Waals surface area (Å²) >= 11 is 0. The maximum absolute atomic E-state index is 4.75. The molecule has 0 saturated carbocycles. The highest BCUT2D eigenvalue weighted by molar-refractivity contribution is 6.94. The Morgan fingerprint density at radius 2 is 1.94 bits per heavy atom. The zero-order valence-corrected chi connectivity index (χ0v) is 14.3. The molecule has 86 valence electrons. The van der Waals surface area contributed by atoms with Crippen molar-refractivity contribution in [3.8, 4) is 0 Å². The van der Waals surface area contributed by atoms with Gasteiger partial charge in [-0.3, -0.25) is 0 Å². The molecule has 0 aromatic heterocycles. The van der Waals surface area contributed by atoms with Gasteiger partial charge in [-0.25, -0.2) is 0 Å². The van der Waals surface area contributed by atoms with Crippen LogP contribution in [0.1, 0.15) is 0 Å². The van der Waals surface area contributed by atoms with Gasteiger partial charge in [0.2, 0.25) is 9.84 Å². The van der Waals surface area contributed by atoms with Crippen LogP contribution in [0.2, 0.25) is 0 Å². The van der Waals surface area contributed by atoms with Crippen molar-refractivity contribution in [2.24, 2.45) is 4.30 Å². The molecule has 0 atom stereocenters. The van der Waals surface area contributed by atoms with Crippen molar-refractivity contribution in [1.82, 2.24) is 13.5 Å². The summed E-state index contributed by atoms with van der Waals surface area (Å²) in [6.07, 6.45) is 1.87. The minimum atomic E-state index is -2.03. The van der Waals surface area contributed by atoms with E-state index in [0.717, 1.165) is 0 Å². The molecule has 0 radical (unpaired) electrons. The van der Waals surface area contributed by atoms with E-state index in [1.165, 1.54) is 0 Å². The zero-order valence-electron chi connectivity index (χ0n) is 9.45. The lowest BCUT2D eigenvalue weighted by Gasteiger charge is -2.38. The first-order valence-electron chi connectivity index (χ1n) is 5.05. The standard InChI is InChI=1S/C8H18N4Si4/c1-5-12-15(6-2)10-13-9-14-11-16(12,7-3)8-4/h5-9,11H,1-4,13-14H2. The molecule has 4 nitrogen and oxygen atoms in total. The van der Waals surface area contributed by atoms with E-state index in [9.17, 15) is 0 Å². The lowest BCUT2D eigenvalue weighted by atomic mass is 11.1. The molecule has 1 rings (SSSR count). The SMILES string of the molecule is C=CN1[Si](C=C)=N[SiH2]N[SiH2]N[Si]1(C=C)C=C. The third kappa shape index (κ3) is 2.53. The predicted octanol–water partition coefficient (Wildman–Crippen LogP) is -1.00. The van der Waals surface area contributed by atoms with Crippen LogP contribution in [0.3, 0.4) is 0 Å². The molecule has 0 bridgehead atoms. The Morgan fingerprint density at radius 1 is 1.25 bits per heavy atom. The van der Waals surface area contributed by atoms with Gasteiger partial charge in [-0.05, 0) is 11.9 Å². The number of rotatable bonds is 4. The molecule has 1 aliphatic heterocycles. The minimum Gasteiger partial charge on any atom is -0.377 e. The van der Waals surface area contributed by atoms with Crippen LogP contribution in [0.25, 0.3) is 0 Å². The molecule has 0 fully saturated rings. The number of hydrogen-bond donors (Lipinski definition) is 2. The van der Waals surface area contributed by atoms with E-state index in [0.29, 0.717) is 0 Å². The van der Waals surface area contributed by atoms with Crippen LogP contribution in [-0.2, 0) is 0 Å². The maximum atomic E-state index is 4.75. The first kappa shape index (κ1) is 13.4. The topological polar surface area (TPSA) is 39.7 Å². The van der Waals surface area contributed by atoms with Crippen molar-refractivity contribution in [2.45, 2.75) is 0 Å². The van der Waals surface area contributed by atoms with E-state index in [1.807, 2.05) is 23.3 Å². The molecule has 0 amide bonds. The molecular weight excluding hydrogens is 264 g/mol. The van der Waals surface area contributed by atoms with Gasteiger partial charge in [-0.15, -0.1) is 19.7 Å². The van der Waals surface area contributed by atoms with Crippen LogP contribution in [-0.4, -0.2) is 41.1 Å². The van der Waals surface area contributed by atoms with Crippen LogP contribution in [0, 0.1) is 0 Å². The third-order valence-electron chi connectivity index (χ3n) is 2.48. The van der Waals surface area contributed by atoms with Crippen molar-refractivity contribution >= 4 is 36.8 Å². The van der Waals surface area contributed by atoms with Gasteiger partial charge in [0.05, 0.1) is 0 Å². The number of nitrogens with zero attached hydrogens (tertiary/aromatic N) is 2. The summed E-state index contributed by atoms with van der Waals surface area (Å²) in [4.78, 5) is 0. The molecular formula is C8H18N4Si4. The van der Waals surface area contributed by atoms with Gasteiger partial charge < -0.3 is 17.8 Å². The van der Waals surface area contributed by atoms with Gasteiger partial charge in [0.15, 0.2) is 9.84 Å². The van der Waals surface area contributed by atoms with E-state index >= 15 is 0 Å². The van der Waals surface area contributed by atoms with E-state index in [-0.39, 0.29) is 0 Å². The normalized spacial score (nSPS) is 23.0. The van der Waals surface area contributed by atoms with Gasteiger partial charge in [0, 0.05) is 0 Å². The van der Waals surface area contributed by atoms with Gasteiger partial charge in [0.1, 0.15) is 0 Å². The van der Waals surface area contributed by atoms with Crippen LogP contribution in [0.15, 0.2) is 53.9 Å². The van der Waals surface area contributed by atoms with Gasteiger partial charge in [-0.2, -0.15) is 0 Å². The van der Waals surface area contributed by atoms with Crippen molar-refractivity contribution in [3.63, 3.8) is 0 Å². The predicted molar refractivity (Wildman–Crippen MR) is 79.9 cm³/mol. The Hall–Kier alpha value is -0.652. The van der Waals surface area contributed by atoms with E-state index < -0.39 is 36.8 Å². The summed E-state index contributed by atoms with van der Waals surface area (Å²) in [5, 5.41) is 0. The van der Waals surface area contributed by atoms with Crippen LogP contribution in [0.4, 0.5) is 0 Å². The van der Waals surface area contributed by atoms with Gasteiger partial charge in [0.25, 0.3) is 17.1 Å². The van der Waals surface area contributed by atoms with E-state index in [2.05, 4.69) is 39.8 Å². The van der Waals surface area contributed by atoms with Crippen molar-refractivity contribution in [3.05, 3.63) is 49.6 Å². The summed E-state index contributed by atoms with van der Waals surface area (Å²) in [7, 11) is -4.08. The van der Waals surface area contributed by atoms with Crippen molar-refractivity contribution in [1.29, 1.82) is 0 Å². The fraction of sp³-hybridized carbons (Fsp3) is 0. The molecule has 8 heteroatoms. The summed E-state index contributed by atoms with van der Waals surface area (Å²) in [5.74, 6) is 0. The highest BCUT2D eigenvalue weighted by Gasteiger charge is 2.35. The Labute approximate surface area is 104 Å². The summed E-state index contributed by atoms with van der Waals surface area (Å²) in [6, 6.07) is 0. The van der Waals surface area contributed by atoms with Gasteiger partial charge >= 0.3 is 0 Å². The summed E-state index contributed by atoms with van der Waals surface area (Å²) < 4.78 is 14.1. The fourth-order valence-electron chi connectivity index (χ4n) is 1.58. The Morgan fingerprint density at radius 3 is 2.44 bits per heavy atom. The third-order valence-corrected chi connectivity index (χ3v) is 14.3. The molecule has 0 aliphatic carbocycles. The second kappa shape index (κ2) is 6.17. The first-order valence-corrected chi connectivity index (χ1v) is 11.4. The van der Waals surface area contributed by atoms with E-state index in [4.69, 9.17) is 4.30 Å². The second-order valence-electron chi connectivity index (χ2n) is 3.27. The molecule has 0 aromatic carbocycles. The molecule has 1 aliphatic rings. The monoisotopic (exact) mass is 282 g/mol. The molecule has 1 heterocycles. The molecule has 0 unspecified atom stereocenters. The Kier molecular flexibility index (Phi) is 5.18. The van der Waals surface area contributed by atoms with Crippen LogP contribution in [0.5, 0.6) is 0 Å². The summed E-state index contributed by atoms with van der Waals surface area (Å²) in [5.41, 5.74) is 5.93. The number of hydrogen-bond acceptors (Lipinski definition) is 4. The average molecular weight is 283 g/mol. The minimum absolute atomic E-state index is 0.466. The first-order chi connectivity index (χ1) is 7.74. The Bertz CT molecular complexity index is 333. The molecule has 16 heavy (non-hydrogen) atoms. The zero-order chi connectivity index (χ0) is 12.0. The van der Waals surface area contributed by atoms with Crippen LogP contribution < -0.4 is 9.30 Å². The summed E-state index contributed by atoms with van der Waals surface area (Å²) in [6.45, 7) is 15.7. The lowest BCUT2D eigenvalue weighted by Crippen LogP contribution is -2.66. The highest BCUT2D eigenvalue weighted by atomic mass is 28.4. The number of nitrogens with one attached hydrogen (secondary N) is 2.